The molecule has 2 heterocycles. The van der Waals surface area contributed by atoms with Crippen LogP contribution in [0.1, 0.15) is 38.3 Å². The molecule has 3 aromatic carbocycles. The first kappa shape index (κ1) is 24.3. The smallest absolute Gasteiger partial charge is 0.326 e. The second-order valence-corrected chi connectivity index (χ2v) is 10.1. The Kier molecular flexibility index (Phi) is 6.49. The van der Waals surface area contributed by atoms with Gasteiger partial charge in [0, 0.05) is 6.54 Å². The van der Waals surface area contributed by atoms with Crippen LogP contribution < -0.4 is 13.8 Å². The Morgan fingerprint density at radius 1 is 0.892 bits per heavy atom. The first-order chi connectivity index (χ1) is 17.8. The fourth-order valence-electron chi connectivity index (χ4n) is 4.22. The molecule has 0 saturated carbocycles. The van der Waals surface area contributed by atoms with Crippen LogP contribution in [0.4, 0.5) is 5.69 Å². The quantitative estimate of drug-likeness (QED) is 0.460. The van der Waals surface area contributed by atoms with Gasteiger partial charge in [-0.15, -0.1) is 0 Å². The number of ether oxygens (including phenoxy) is 1. The third-order valence-electron chi connectivity index (χ3n) is 6.02. The Labute approximate surface area is 214 Å². The molecule has 0 atom stereocenters. The number of benzene rings is 3. The lowest BCUT2D eigenvalue weighted by Gasteiger charge is -2.19. The van der Waals surface area contributed by atoms with Crippen LogP contribution in [0, 0.1) is 0 Å². The van der Waals surface area contributed by atoms with E-state index in [9.17, 15) is 22.8 Å². The Morgan fingerprint density at radius 3 is 2.22 bits per heavy atom. The first-order valence-corrected chi connectivity index (χ1v) is 13.0. The molecule has 0 aromatic heterocycles. The monoisotopic (exact) mass is 517 g/mol. The van der Waals surface area contributed by atoms with E-state index in [1.807, 2.05) is 41.1 Å². The molecule has 1 N–H and O–H groups in total. The minimum Gasteiger partial charge on any atom is -0.487 e. The maximum Gasteiger partial charge on any atom is 0.326 e. The molecule has 9 nitrogen and oxygen atoms in total. The van der Waals surface area contributed by atoms with E-state index in [1.54, 1.807) is 48.5 Å². The molecule has 188 valence electrons. The van der Waals surface area contributed by atoms with Gasteiger partial charge in [-0.1, -0.05) is 60.7 Å². The average Bonchev–Trinajstić information content (AvgIpc) is 3.31. The largest absolute Gasteiger partial charge is 0.487 e. The fraction of sp³-hybridized carbons (Fsp3) is 0.148. The molecular weight excluding hydrogens is 494 g/mol. The maximum atomic E-state index is 12.5. The summed E-state index contributed by atoms with van der Waals surface area (Å²) < 4.78 is 33.8. The molecule has 0 aliphatic carbocycles. The lowest BCUT2D eigenvalue weighted by molar-refractivity contribution is -0.117. The normalized spacial score (nSPS) is 16.4. The van der Waals surface area contributed by atoms with Crippen molar-refractivity contribution in [2.24, 2.45) is 0 Å². The summed E-state index contributed by atoms with van der Waals surface area (Å²) in [6, 6.07) is 21.2. The summed E-state index contributed by atoms with van der Waals surface area (Å²) in [5, 5.41) is 0. The van der Waals surface area contributed by atoms with E-state index < -0.39 is 16.1 Å². The molecule has 2 aliphatic heterocycles. The predicted octanol–water partition coefficient (Wildman–Crippen LogP) is 3.15. The molecular formula is C27H23N3O6S. The van der Waals surface area contributed by atoms with Crippen LogP contribution in [-0.4, -0.2) is 44.1 Å². The van der Waals surface area contributed by atoms with E-state index >= 15 is 0 Å². The van der Waals surface area contributed by atoms with Crippen molar-refractivity contribution < 1.29 is 27.5 Å². The first-order valence-electron chi connectivity index (χ1n) is 11.6. The van der Waals surface area contributed by atoms with Gasteiger partial charge < -0.3 is 4.74 Å². The number of hydrogen-bond acceptors (Lipinski definition) is 6. The highest BCUT2D eigenvalue weighted by molar-refractivity contribution is 7.92. The van der Waals surface area contributed by atoms with Crippen LogP contribution in [0.5, 0.6) is 5.75 Å². The highest BCUT2D eigenvalue weighted by Gasteiger charge is 2.36. The van der Waals surface area contributed by atoms with Gasteiger partial charge >= 0.3 is 10.2 Å². The number of amides is 3. The van der Waals surface area contributed by atoms with Crippen molar-refractivity contribution in [1.29, 1.82) is 0 Å². The summed E-state index contributed by atoms with van der Waals surface area (Å²) in [4.78, 5) is 38.0. The van der Waals surface area contributed by atoms with Crippen molar-refractivity contribution in [3.8, 4) is 5.75 Å². The van der Waals surface area contributed by atoms with Crippen LogP contribution >= 0.6 is 0 Å². The van der Waals surface area contributed by atoms with Crippen molar-refractivity contribution in [1.82, 2.24) is 9.62 Å². The number of nitrogens with one attached hydrogen (secondary N) is 1. The second kappa shape index (κ2) is 9.90. The Bertz CT molecular complexity index is 1480. The minimum atomic E-state index is -4.00. The zero-order valence-electron chi connectivity index (χ0n) is 19.7. The molecule has 3 amide bonds. The van der Waals surface area contributed by atoms with Gasteiger partial charge in [0.15, 0.2) is 0 Å². The number of carbonyl (C=O) groups is 3. The number of fused-ring (bicyclic) bond motifs is 1. The third-order valence-corrected chi connectivity index (χ3v) is 7.41. The fourth-order valence-corrected chi connectivity index (χ4v) is 5.38. The summed E-state index contributed by atoms with van der Waals surface area (Å²) in [5.41, 5.74) is 2.70. The van der Waals surface area contributed by atoms with Gasteiger partial charge in [-0.3, -0.25) is 19.3 Å². The van der Waals surface area contributed by atoms with Crippen molar-refractivity contribution >= 4 is 39.7 Å². The molecule has 5 rings (SSSR count). The highest BCUT2D eigenvalue weighted by Crippen LogP contribution is 2.33. The molecule has 10 heteroatoms. The van der Waals surface area contributed by atoms with Crippen LogP contribution in [0.25, 0.3) is 6.08 Å². The van der Waals surface area contributed by atoms with E-state index in [2.05, 4.69) is 0 Å². The summed E-state index contributed by atoms with van der Waals surface area (Å²) in [6.07, 6.45) is 4.07. The van der Waals surface area contributed by atoms with Gasteiger partial charge in [0.05, 0.1) is 16.8 Å². The van der Waals surface area contributed by atoms with E-state index in [0.29, 0.717) is 23.3 Å². The van der Waals surface area contributed by atoms with Crippen LogP contribution in [-0.2, 0) is 21.6 Å². The van der Waals surface area contributed by atoms with Gasteiger partial charge in [-0.25, -0.2) is 9.03 Å². The van der Waals surface area contributed by atoms with Crippen molar-refractivity contribution in [3.63, 3.8) is 0 Å². The average molecular weight is 518 g/mol. The number of imide groups is 1. The Morgan fingerprint density at radius 2 is 1.57 bits per heavy atom. The van der Waals surface area contributed by atoms with Crippen molar-refractivity contribution in [2.75, 3.05) is 17.4 Å². The summed E-state index contributed by atoms with van der Waals surface area (Å²) in [6.45, 7) is 0.105. The molecule has 3 aromatic rings. The Balaban J connectivity index is 1.32. The topological polar surface area (TPSA) is 113 Å². The van der Waals surface area contributed by atoms with Crippen LogP contribution in [0.2, 0.25) is 0 Å². The van der Waals surface area contributed by atoms with Crippen molar-refractivity contribution in [2.45, 2.75) is 13.0 Å². The molecule has 1 saturated heterocycles. The summed E-state index contributed by atoms with van der Waals surface area (Å²) in [5.74, 6) is -0.924. The molecule has 0 bridgehead atoms. The molecule has 2 aliphatic rings. The lowest BCUT2D eigenvalue weighted by Crippen LogP contribution is -2.30. The third kappa shape index (κ3) is 4.96. The lowest BCUT2D eigenvalue weighted by atomic mass is 10.1. The van der Waals surface area contributed by atoms with Gasteiger partial charge in [0.25, 0.3) is 17.7 Å². The van der Waals surface area contributed by atoms with E-state index in [1.165, 1.54) is 4.90 Å². The van der Waals surface area contributed by atoms with Gasteiger partial charge in [-0.2, -0.15) is 8.42 Å². The second-order valence-electron chi connectivity index (χ2n) is 8.54. The standard InChI is InChI=1S/C27H23N3O6S/c31-25-17-30(37(34,35)28-25)23-14-13-19(16-24(23)36-18-20-9-2-1-3-10-20)8-6-7-15-29-26(32)21-11-4-5-12-22(21)27(29)33/h1-6,8-14,16H,7,15,17-18H2,(H,28,31)/b8-6+. The summed E-state index contributed by atoms with van der Waals surface area (Å²) in [7, 11) is -4.00. The Hall–Kier alpha value is -4.44. The summed E-state index contributed by atoms with van der Waals surface area (Å²) >= 11 is 0. The predicted molar refractivity (Wildman–Crippen MR) is 137 cm³/mol. The van der Waals surface area contributed by atoms with Gasteiger partial charge in [0.1, 0.15) is 18.9 Å². The highest BCUT2D eigenvalue weighted by atomic mass is 32.2. The molecule has 0 spiro atoms. The minimum absolute atomic E-state index is 0.204. The maximum absolute atomic E-state index is 12.5. The zero-order valence-corrected chi connectivity index (χ0v) is 20.5. The molecule has 0 radical (unpaired) electrons. The number of nitrogens with zero attached hydrogens (tertiary/aromatic N) is 2. The number of anilines is 1. The number of rotatable bonds is 8. The molecule has 1 fully saturated rings. The van der Waals surface area contributed by atoms with Crippen molar-refractivity contribution in [3.05, 3.63) is 101 Å². The van der Waals surface area contributed by atoms with Gasteiger partial charge in [0.2, 0.25) is 0 Å². The zero-order chi connectivity index (χ0) is 26.0. The van der Waals surface area contributed by atoms with E-state index in [-0.39, 0.29) is 37.2 Å². The SMILES string of the molecule is O=C1CN(c2ccc(/C=C/CCN3C(=O)c4ccccc4C3=O)cc2OCc2ccccc2)S(=O)(=O)N1. The molecule has 37 heavy (non-hydrogen) atoms. The number of hydrogen-bond donors (Lipinski definition) is 1. The van der Waals surface area contributed by atoms with Gasteiger partial charge in [-0.05, 0) is 41.8 Å². The number of carbonyl (C=O) groups excluding carboxylic acids is 3. The van der Waals surface area contributed by atoms with E-state index in [0.717, 1.165) is 15.4 Å². The van der Waals surface area contributed by atoms with Crippen LogP contribution in [0.3, 0.4) is 0 Å². The molecule has 0 unspecified atom stereocenters. The van der Waals surface area contributed by atoms with Crippen LogP contribution in [0.15, 0.2) is 78.9 Å². The van der Waals surface area contributed by atoms with E-state index in [4.69, 9.17) is 4.74 Å².